The molecule has 0 bridgehead atoms. The maximum absolute atomic E-state index is 13.6. The van der Waals surface area contributed by atoms with Gasteiger partial charge in [-0.05, 0) is 30.4 Å². The van der Waals surface area contributed by atoms with Crippen LogP contribution in [-0.4, -0.2) is 51.3 Å². The van der Waals surface area contributed by atoms with Crippen LogP contribution in [0.4, 0.5) is 5.82 Å². The summed E-state index contributed by atoms with van der Waals surface area (Å²) in [6.45, 7) is 0.520. The van der Waals surface area contributed by atoms with Crippen molar-refractivity contribution in [2.45, 2.75) is 38.3 Å². The molecule has 0 aliphatic heterocycles. The zero-order valence-electron chi connectivity index (χ0n) is 23.1. The molecule has 1 atom stereocenters. The second-order valence-electron chi connectivity index (χ2n) is 9.58. The van der Waals surface area contributed by atoms with Crippen LogP contribution in [0.25, 0.3) is 0 Å². The number of amides is 1. The summed E-state index contributed by atoms with van der Waals surface area (Å²) in [5.41, 5.74) is 13.1. The number of guanidine groups is 1. The van der Waals surface area contributed by atoms with Crippen LogP contribution in [-0.2, 0) is 24.2 Å². The molecule has 218 valence electrons. The number of ketones is 1. The topological polar surface area (TPSA) is 170 Å². The Morgan fingerprint density at radius 3 is 2.38 bits per heavy atom. The molecule has 0 aliphatic rings. The van der Waals surface area contributed by atoms with E-state index >= 15 is 0 Å². The molecule has 2 heterocycles. The molecule has 0 aliphatic carbocycles. The van der Waals surface area contributed by atoms with Crippen molar-refractivity contribution in [3.05, 3.63) is 111 Å². The van der Waals surface area contributed by atoms with Gasteiger partial charge >= 0.3 is 0 Å². The number of carbonyl (C=O) groups is 2. The van der Waals surface area contributed by atoms with Crippen molar-refractivity contribution in [3.8, 4) is 0 Å². The molecule has 0 saturated heterocycles. The molecular weight excluding hydrogens is 552 g/mol. The summed E-state index contributed by atoms with van der Waals surface area (Å²) in [7, 11) is 0. The minimum atomic E-state index is -0.851. The Morgan fingerprint density at radius 1 is 1.00 bits per heavy atom. The summed E-state index contributed by atoms with van der Waals surface area (Å²) in [6.07, 6.45) is 5.02. The SMILES string of the molecule is NC(N)=NCCC[C@H](NC(=O)Cn1c(Cc2ccccc2)cnc(NCCc2ccccc2)c1=O)C(=O)c1nccs1. The number of nitrogens with one attached hydrogen (secondary N) is 2. The molecule has 42 heavy (non-hydrogen) atoms. The van der Waals surface area contributed by atoms with Gasteiger partial charge in [0.1, 0.15) is 6.54 Å². The number of aliphatic imine (C=N–C) groups is 1. The molecule has 2 aromatic carbocycles. The average Bonchev–Trinajstić information content (AvgIpc) is 3.53. The molecule has 0 radical (unpaired) electrons. The third-order valence-electron chi connectivity index (χ3n) is 6.46. The molecule has 0 spiro atoms. The van der Waals surface area contributed by atoms with E-state index in [1.807, 2.05) is 60.7 Å². The lowest BCUT2D eigenvalue weighted by atomic mass is 10.1. The number of thiazole rings is 1. The molecule has 11 nitrogen and oxygen atoms in total. The molecule has 6 N–H and O–H groups in total. The quantitative estimate of drug-likeness (QED) is 0.0712. The third kappa shape index (κ3) is 8.83. The molecular formula is C30H34N8O3S. The number of benzene rings is 2. The highest BCUT2D eigenvalue weighted by atomic mass is 32.1. The van der Waals surface area contributed by atoms with E-state index in [1.165, 1.54) is 22.1 Å². The maximum Gasteiger partial charge on any atom is 0.293 e. The number of nitrogens with two attached hydrogens (primary N) is 2. The number of rotatable bonds is 15. The number of hydrogen-bond donors (Lipinski definition) is 4. The van der Waals surface area contributed by atoms with Crippen LogP contribution < -0.4 is 27.7 Å². The molecule has 4 rings (SSSR count). The Morgan fingerprint density at radius 2 is 1.71 bits per heavy atom. The van der Waals surface area contributed by atoms with Crippen molar-refractivity contribution in [2.24, 2.45) is 16.5 Å². The first-order valence-electron chi connectivity index (χ1n) is 13.6. The first-order valence-corrected chi connectivity index (χ1v) is 14.5. The Labute approximate surface area is 247 Å². The Hall–Kier alpha value is -4.84. The summed E-state index contributed by atoms with van der Waals surface area (Å²) >= 11 is 1.20. The van der Waals surface area contributed by atoms with Crippen LogP contribution >= 0.6 is 11.3 Å². The first-order chi connectivity index (χ1) is 20.4. The highest BCUT2D eigenvalue weighted by molar-refractivity contribution is 7.11. The van der Waals surface area contributed by atoms with E-state index in [0.29, 0.717) is 44.5 Å². The van der Waals surface area contributed by atoms with Gasteiger partial charge in [-0.3, -0.25) is 23.9 Å². The van der Waals surface area contributed by atoms with E-state index in [4.69, 9.17) is 11.5 Å². The van der Waals surface area contributed by atoms with Gasteiger partial charge in [0, 0.05) is 43.0 Å². The Bertz CT molecular complexity index is 1540. The monoisotopic (exact) mass is 586 g/mol. The molecule has 0 unspecified atom stereocenters. The lowest BCUT2D eigenvalue weighted by Gasteiger charge is -2.19. The van der Waals surface area contributed by atoms with Gasteiger partial charge in [0.05, 0.1) is 6.04 Å². The summed E-state index contributed by atoms with van der Waals surface area (Å²) in [5, 5.41) is 7.92. The molecule has 0 saturated carbocycles. The lowest BCUT2D eigenvalue weighted by Crippen LogP contribution is -2.44. The highest BCUT2D eigenvalue weighted by Gasteiger charge is 2.24. The second kappa shape index (κ2) is 15.2. The first kappa shape index (κ1) is 30.1. The number of Topliss-reactive ketones (excluding diaryl/α,β-unsaturated/α-hetero) is 1. The van der Waals surface area contributed by atoms with Crippen molar-refractivity contribution in [1.29, 1.82) is 0 Å². The largest absolute Gasteiger partial charge is 0.370 e. The summed E-state index contributed by atoms with van der Waals surface area (Å²) in [5.74, 6) is -0.677. The number of carbonyl (C=O) groups excluding carboxylic acids is 2. The highest BCUT2D eigenvalue weighted by Crippen LogP contribution is 2.13. The predicted octanol–water partition coefficient (Wildman–Crippen LogP) is 2.37. The van der Waals surface area contributed by atoms with E-state index < -0.39 is 17.5 Å². The minimum Gasteiger partial charge on any atom is -0.370 e. The summed E-state index contributed by atoms with van der Waals surface area (Å²) < 4.78 is 1.41. The fraction of sp³-hybridized carbons (Fsp3) is 0.267. The van der Waals surface area contributed by atoms with Gasteiger partial charge in [-0.25, -0.2) is 9.97 Å². The van der Waals surface area contributed by atoms with Gasteiger partial charge < -0.3 is 22.1 Å². The molecule has 12 heteroatoms. The normalized spacial score (nSPS) is 11.4. The van der Waals surface area contributed by atoms with Crippen molar-refractivity contribution >= 4 is 34.8 Å². The van der Waals surface area contributed by atoms with Crippen LogP contribution in [0.5, 0.6) is 0 Å². The Kier molecular flexibility index (Phi) is 10.9. The second-order valence-corrected chi connectivity index (χ2v) is 10.5. The lowest BCUT2D eigenvalue weighted by molar-refractivity contribution is -0.122. The standard InChI is InChI=1S/C30H34N8O3S/c31-30(32)35-14-7-12-24(26(40)28-34-16-17-42-28)37-25(39)20-38-23(18-22-10-5-2-6-11-22)19-36-27(29(38)41)33-15-13-21-8-3-1-4-9-21/h1-6,8-11,16-17,19,24H,7,12-15,18,20H2,(H,33,36)(H,37,39)(H4,31,32,35)/t24-/m0/s1. The van der Waals surface area contributed by atoms with Gasteiger partial charge in [-0.15, -0.1) is 11.3 Å². The van der Waals surface area contributed by atoms with Gasteiger partial charge in [0.15, 0.2) is 16.8 Å². The number of nitrogens with zero attached hydrogens (tertiary/aromatic N) is 4. The maximum atomic E-state index is 13.6. The van der Waals surface area contributed by atoms with Crippen LogP contribution in [0.2, 0.25) is 0 Å². The molecule has 4 aromatic rings. The smallest absolute Gasteiger partial charge is 0.293 e. The van der Waals surface area contributed by atoms with Gasteiger partial charge in [-0.1, -0.05) is 60.7 Å². The minimum absolute atomic E-state index is 0.0435. The van der Waals surface area contributed by atoms with Crippen LogP contribution in [0.1, 0.15) is 39.5 Å². The summed E-state index contributed by atoms with van der Waals surface area (Å²) in [6, 6.07) is 18.7. The predicted molar refractivity (Wildman–Crippen MR) is 165 cm³/mol. The van der Waals surface area contributed by atoms with Gasteiger partial charge in [-0.2, -0.15) is 0 Å². The zero-order chi connectivity index (χ0) is 29.7. The van der Waals surface area contributed by atoms with Crippen molar-refractivity contribution < 1.29 is 9.59 Å². The fourth-order valence-electron chi connectivity index (χ4n) is 4.38. The summed E-state index contributed by atoms with van der Waals surface area (Å²) in [4.78, 5) is 52.5. The number of hydrogen-bond acceptors (Lipinski definition) is 8. The average molecular weight is 587 g/mol. The van der Waals surface area contributed by atoms with Crippen molar-refractivity contribution in [1.82, 2.24) is 19.9 Å². The Balaban J connectivity index is 1.53. The molecule has 1 amide bonds. The van der Waals surface area contributed by atoms with Gasteiger partial charge in [0.2, 0.25) is 11.7 Å². The van der Waals surface area contributed by atoms with Crippen LogP contribution in [0, 0.1) is 0 Å². The van der Waals surface area contributed by atoms with Crippen LogP contribution in [0.3, 0.4) is 0 Å². The van der Waals surface area contributed by atoms with Crippen molar-refractivity contribution in [3.63, 3.8) is 0 Å². The van der Waals surface area contributed by atoms with E-state index in [9.17, 15) is 14.4 Å². The van der Waals surface area contributed by atoms with E-state index in [2.05, 4.69) is 25.6 Å². The van der Waals surface area contributed by atoms with E-state index in [1.54, 1.807) is 11.6 Å². The zero-order valence-corrected chi connectivity index (χ0v) is 23.9. The van der Waals surface area contributed by atoms with Gasteiger partial charge in [0.25, 0.3) is 5.56 Å². The number of aromatic nitrogens is 3. The molecule has 2 aromatic heterocycles. The van der Waals surface area contributed by atoms with Crippen molar-refractivity contribution in [2.75, 3.05) is 18.4 Å². The van der Waals surface area contributed by atoms with E-state index in [0.717, 1.165) is 11.1 Å². The molecule has 0 fully saturated rings. The fourth-order valence-corrected chi connectivity index (χ4v) is 5.01. The van der Waals surface area contributed by atoms with E-state index in [-0.39, 0.29) is 29.1 Å². The third-order valence-corrected chi connectivity index (χ3v) is 7.24. The number of anilines is 1. The van der Waals surface area contributed by atoms with Crippen LogP contribution in [0.15, 0.2) is 88.2 Å².